The summed E-state index contributed by atoms with van der Waals surface area (Å²) in [5, 5.41) is 4.21. The lowest BCUT2D eigenvalue weighted by atomic mass is 10.2. The molecule has 0 radical (unpaired) electrons. The highest BCUT2D eigenvalue weighted by atomic mass is 33.1. The standard InChI is InChI=1S/C16H14S2.C5H5N/c1-3-7-15(8-4-1)11-13-17-18-14-12-16-9-5-2-6-10-16;1-2-4-6-5-3-1/h1-14H;1-5H. The lowest BCUT2D eigenvalue weighted by Crippen LogP contribution is -1.66. The van der Waals surface area contributed by atoms with Gasteiger partial charge in [-0.25, -0.2) is 0 Å². The zero-order chi connectivity index (χ0) is 16.7. The van der Waals surface area contributed by atoms with E-state index in [2.05, 4.69) is 52.2 Å². The molecule has 0 N–H and O–H groups in total. The van der Waals surface area contributed by atoms with Crippen molar-refractivity contribution in [2.24, 2.45) is 0 Å². The molecule has 0 atom stereocenters. The minimum absolute atomic E-state index is 1.23. The van der Waals surface area contributed by atoms with E-state index < -0.39 is 0 Å². The molecule has 1 nitrogen and oxygen atoms in total. The minimum atomic E-state index is 1.23. The van der Waals surface area contributed by atoms with Crippen LogP contribution in [0.3, 0.4) is 0 Å². The first-order chi connectivity index (χ1) is 11.9. The molecule has 0 saturated carbocycles. The fourth-order valence-corrected chi connectivity index (χ4v) is 2.99. The van der Waals surface area contributed by atoms with Crippen LogP contribution in [0.15, 0.2) is 102 Å². The summed E-state index contributed by atoms with van der Waals surface area (Å²) < 4.78 is 0. The van der Waals surface area contributed by atoms with Crippen molar-refractivity contribution in [3.05, 3.63) is 113 Å². The molecule has 3 aromatic rings. The smallest absolute Gasteiger partial charge is 0.0267 e. The number of hydrogen-bond donors (Lipinski definition) is 0. The summed E-state index contributed by atoms with van der Waals surface area (Å²) in [4.78, 5) is 3.78. The number of nitrogens with zero attached hydrogens (tertiary/aromatic N) is 1. The van der Waals surface area contributed by atoms with Crippen molar-refractivity contribution in [3.8, 4) is 0 Å². The van der Waals surface area contributed by atoms with E-state index >= 15 is 0 Å². The van der Waals surface area contributed by atoms with Crippen molar-refractivity contribution in [2.75, 3.05) is 0 Å². The second-order valence-corrected chi connectivity index (χ2v) is 6.73. The summed E-state index contributed by atoms with van der Waals surface area (Å²) in [6.07, 6.45) is 7.74. The van der Waals surface area contributed by atoms with Crippen LogP contribution < -0.4 is 0 Å². The second kappa shape index (κ2) is 12.2. The fourth-order valence-electron chi connectivity index (χ4n) is 1.72. The first kappa shape index (κ1) is 18.1. The van der Waals surface area contributed by atoms with Gasteiger partial charge in [0.1, 0.15) is 0 Å². The Kier molecular flexibility index (Phi) is 9.23. The molecule has 0 saturated heterocycles. The molecule has 0 unspecified atom stereocenters. The molecule has 0 amide bonds. The van der Waals surface area contributed by atoms with E-state index in [1.165, 1.54) is 11.1 Å². The molecule has 2 aromatic carbocycles. The first-order valence-corrected chi connectivity index (χ1v) is 9.83. The molecule has 0 aliphatic heterocycles. The van der Waals surface area contributed by atoms with E-state index in [-0.39, 0.29) is 0 Å². The Bertz CT molecular complexity index is 634. The summed E-state index contributed by atoms with van der Waals surface area (Å²) in [7, 11) is 3.43. The number of rotatable bonds is 5. The van der Waals surface area contributed by atoms with Gasteiger partial charge in [-0.1, -0.05) is 88.3 Å². The molecule has 3 rings (SSSR count). The zero-order valence-electron chi connectivity index (χ0n) is 13.2. The van der Waals surface area contributed by atoms with Crippen LogP contribution in [0.25, 0.3) is 12.2 Å². The predicted octanol–water partition coefficient (Wildman–Crippen LogP) is 6.79. The lowest BCUT2D eigenvalue weighted by Gasteiger charge is -1.92. The average molecular weight is 350 g/mol. The minimum Gasteiger partial charge on any atom is -0.265 e. The normalized spacial score (nSPS) is 10.5. The van der Waals surface area contributed by atoms with Crippen LogP contribution >= 0.6 is 21.6 Å². The monoisotopic (exact) mass is 349 g/mol. The SMILES string of the molecule is C(=Cc1ccccc1)SSC=Cc1ccccc1.c1ccncc1. The molecule has 0 fully saturated rings. The molecule has 0 spiro atoms. The van der Waals surface area contributed by atoms with Gasteiger partial charge in [0.25, 0.3) is 0 Å². The number of benzene rings is 2. The Morgan fingerprint density at radius 2 is 0.958 bits per heavy atom. The van der Waals surface area contributed by atoms with E-state index in [9.17, 15) is 0 Å². The summed E-state index contributed by atoms with van der Waals surface area (Å²) >= 11 is 0. The van der Waals surface area contributed by atoms with Gasteiger partial charge in [-0.05, 0) is 46.2 Å². The van der Waals surface area contributed by atoms with Crippen molar-refractivity contribution in [1.82, 2.24) is 4.98 Å². The van der Waals surface area contributed by atoms with Crippen molar-refractivity contribution in [1.29, 1.82) is 0 Å². The van der Waals surface area contributed by atoms with Gasteiger partial charge >= 0.3 is 0 Å². The van der Waals surface area contributed by atoms with Gasteiger partial charge in [0.05, 0.1) is 0 Å². The van der Waals surface area contributed by atoms with Crippen LogP contribution in [-0.2, 0) is 0 Å². The van der Waals surface area contributed by atoms with Crippen LogP contribution in [0.5, 0.6) is 0 Å². The maximum atomic E-state index is 3.78. The summed E-state index contributed by atoms with van der Waals surface area (Å²) in [5.41, 5.74) is 2.47. The van der Waals surface area contributed by atoms with Gasteiger partial charge in [0, 0.05) is 12.4 Å². The number of pyridine rings is 1. The highest BCUT2D eigenvalue weighted by molar-refractivity contribution is 8.79. The summed E-state index contributed by atoms with van der Waals surface area (Å²) in [6, 6.07) is 26.4. The van der Waals surface area contributed by atoms with E-state index in [0.29, 0.717) is 0 Å². The third kappa shape index (κ3) is 8.42. The van der Waals surface area contributed by atoms with Crippen LogP contribution in [0.4, 0.5) is 0 Å². The highest BCUT2D eigenvalue weighted by Crippen LogP contribution is 2.25. The van der Waals surface area contributed by atoms with Crippen molar-refractivity contribution in [3.63, 3.8) is 0 Å². The fraction of sp³-hybridized carbons (Fsp3) is 0. The molecule has 0 bridgehead atoms. The van der Waals surface area contributed by atoms with E-state index in [1.54, 1.807) is 34.0 Å². The van der Waals surface area contributed by atoms with Gasteiger partial charge in [-0.3, -0.25) is 4.98 Å². The second-order valence-electron chi connectivity index (χ2n) is 4.64. The predicted molar refractivity (Wildman–Crippen MR) is 110 cm³/mol. The van der Waals surface area contributed by atoms with Gasteiger partial charge in [0.2, 0.25) is 0 Å². The Labute approximate surface area is 151 Å². The lowest BCUT2D eigenvalue weighted by molar-refractivity contribution is 1.33. The number of aromatic nitrogens is 1. The summed E-state index contributed by atoms with van der Waals surface area (Å²) in [5.74, 6) is 0. The largest absolute Gasteiger partial charge is 0.265 e. The quantitative estimate of drug-likeness (QED) is 0.372. The zero-order valence-corrected chi connectivity index (χ0v) is 14.9. The highest BCUT2D eigenvalue weighted by Gasteiger charge is 1.84. The Balaban J connectivity index is 0.000000292. The Morgan fingerprint density at radius 1 is 0.542 bits per heavy atom. The van der Waals surface area contributed by atoms with Crippen LogP contribution in [0.2, 0.25) is 0 Å². The van der Waals surface area contributed by atoms with Crippen molar-refractivity contribution < 1.29 is 0 Å². The van der Waals surface area contributed by atoms with Crippen LogP contribution in [0, 0.1) is 0 Å². The first-order valence-electron chi connectivity index (χ1n) is 7.55. The number of hydrogen-bond acceptors (Lipinski definition) is 3. The third-order valence-corrected chi connectivity index (χ3v) is 4.46. The Hall–Kier alpha value is -2.23. The van der Waals surface area contributed by atoms with E-state index in [0.717, 1.165) is 0 Å². The molecule has 24 heavy (non-hydrogen) atoms. The third-order valence-electron chi connectivity index (χ3n) is 2.85. The van der Waals surface area contributed by atoms with E-state index in [4.69, 9.17) is 0 Å². The Morgan fingerprint density at radius 3 is 1.29 bits per heavy atom. The van der Waals surface area contributed by atoms with Crippen molar-refractivity contribution >= 4 is 33.7 Å². The van der Waals surface area contributed by atoms with E-state index in [1.807, 2.05) is 54.6 Å². The molecular weight excluding hydrogens is 330 g/mol. The molecule has 0 aliphatic carbocycles. The van der Waals surface area contributed by atoms with Crippen LogP contribution in [0.1, 0.15) is 11.1 Å². The van der Waals surface area contributed by atoms with Gasteiger partial charge < -0.3 is 0 Å². The van der Waals surface area contributed by atoms with Crippen LogP contribution in [-0.4, -0.2) is 4.98 Å². The average Bonchev–Trinajstić information content (AvgIpc) is 2.68. The maximum Gasteiger partial charge on any atom is 0.0267 e. The molecular formula is C21H19NS2. The molecule has 1 aromatic heterocycles. The van der Waals surface area contributed by atoms with Gasteiger partial charge in [-0.2, -0.15) is 0 Å². The molecule has 1 heterocycles. The summed E-state index contributed by atoms with van der Waals surface area (Å²) in [6.45, 7) is 0. The maximum absolute atomic E-state index is 3.78. The van der Waals surface area contributed by atoms with Crippen molar-refractivity contribution in [2.45, 2.75) is 0 Å². The topological polar surface area (TPSA) is 12.9 Å². The molecule has 0 aliphatic rings. The molecule has 120 valence electrons. The molecule has 3 heteroatoms. The van der Waals surface area contributed by atoms with Gasteiger partial charge in [-0.15, -0.1) is 0 Å². The van der Waals surface area contributed by atoms with Gasteiger partial charge in [0.15, 0.2) is 0 Å².